The summed E-state index contributed by atoms with van der Waals surface area (Å²) >= 11 is 6.13. The normalized spacial score (nSPS) is 16.2. The summed E-state index contributed by atoms with van der Waals surface area (Å²) < 4.78 is 67.2. The zero-order valence-corrected chi connectivity index (χ0v) is 18.3. The van der Waals surface area contributed by atoms with Gasteiger partial charge in [-0.05, 0) is 42.9 Å². The monoisotopic (exact) mass is 471 g/mol. The third kappa shape index (κ3) is 4.14. The highest BCUT2D eigenvalue weighted by molar-refractivity contribution is 7.90. The number of aromatic nitrogens is 1. The lowest BCUT2D eigenvalue weighted by Gasteiger charge is -2.35. The van der Waals surface area contributed by atoms with Gasteiger partial charge in [0.1, 0.15) is 0 Å². The summed E-state index contributed by atoms with van der Waals surface area (Å²) in [6.45, 7) is 6.16. The molecule has 1 aliphatic heterocycles. The van der Waals surface area contributed by atoms with Crippen LogP contribution in [-0.4, -0.2) is 50.0 Å². The summed E-state index contributed by atoms with van der Waals surface area (Å²) in [7, 11) is -4.28. The Morgan fingerprint density at radius 1 is 1.03 bits per heavy atom. The van der Waals surface area contributed by atoms with E-state index in [-0.39, 0.29) is 0 Å². The van der Waals surface area contributed by atoms with Crippen molar-refractivity contribution in [3.05, 3.63) is 59.2 Å². The molecular weight excluding hydrogens is 451 g/mol. The molecular formula is C21H21ClF3N3O2S. The minimum atomic E-state index is -4.64. The molecule has 5 nitrogen and oxygen atoms in total. The summed E-state index contributed by atoms with van der Waals surface area (Å²) in [5.41, 5.74) is 0.0368. The van der Waals surface area contributed by atoms with Crippen LogP contribution in [-0.2, 0) is 16.2 Å². The van der Waals surface area contributed by atoms with Gasteiger partial charge in [0.25, 0.3) is 10.0 Å². The number of hydrogen-bond donors (Lipinski definition) is 0. The molecule has 0 N–H and O–H groups in total. The first-order valence-electron chi connectivity index (χ1n) is 9.82. The van der Waals surface area contributed by atoms with E-state index in [9.17, 15) is 21.6 Å². The van der Waals surface area contributed by atoms with Crippen LogP contribution in [0.1, 0.15) is 12.5 Å². The Kier molecular flexibility index (Phi) is 5.70. The molecule has 0 radical (unpaired) electrons. The van der Waals surface area contributed by atoms with Gasteiger partial charge in [0, 0.05) is 42.8 Å². The molecule has 0 spiro atoms. The Bertz CT molecular complexity index is 1220. The van der Waals surface area contributed by atoms with Crippen LogP contribution in [0, 0.1) is 0 Å². The third-order valence-corrected chi connectivity index (χ3v) is 7.50. The molecule has 0 saturated carbocycles. The quantitative estimate of drug-likeness (QED) is 0.553. The van der Waals surface area contributed by atoms with Gasteiger partial charge in [-0.3, -0.25) is 0 Å². The number of nitrogens with zero attached hydrogens (tertiary/aromatic N) is 3. The van der Waals surface area contributed by atoms with Crippen LogP contribution in [0.4, 0.5) is 18.9 Å². The van der Waals surface area contributed by atoms with E-state index in [0.29, 0.717) is 22.0 Å². The zero-order chi connectivity index (χ0) is 22.4. The minimum Gasteiger partial charge on any atom is -0.367 e. The summed E-state index contributed by atoms with van der Waals surface area (Å²) in [6.07, 6.45) is -3.16. The molecule has 10 heteroatoms. The number of anilines is 1. The van der Waals surface area contributed by atoms with Crippen LogP contribution in [0.3, 0.4) is 0 Å². The number of likely N-dealkylation sites (N-methyl/N-ethyl adjacent to an activating group) is 1. The van der Waals surface area contributed by atoms with Gasteiger partial charge in [-0.25, -0.2) is 12.4 Å². The second-order valence-electron chi connectivity index (χ2n) is 7.42. The molecule has 4 rings (SSSR count). The second kappa shape index (κ2) is 8.03. The van der Waals surface area contributed by atoms with E-state index in [1.165, 1.54) is 18.3 Å². The Labute approximate surface area is 183 Å². The van der Waals surface area contributed by atoms with Crippen molar-refractivity contribution in [3.63, 3.8) is 0 Å². The number of hydrogen-bond acceptors (Lipinski definition) is 4. The van der Waals surface area contributed by atoms with Gasteiger partial charge in [0.15, 0.2) is 0 Å². The highest BCUT2D eigenvalue weighted by atomic mass is 35.5. The van der Waals surface area contributed by atoms with Gasteiger partial charge in [-0.15, -0.1) is 0 Å². The Hall–Kier alpha value is -2.23. The van der Waals surface area contributed by atoms with Crippen molar-refractivity contribution in [2.45, 2.75) is 18.0 Å². The largest absolute Gasteiger partial charge is 0.416 e. The topological polar surface area (TPSA) is 45.5 Å². The minimum absolute atomic E-state index is 0.331. The van der Waals surface area contributed by atoms with E-state index in [2.05, 4.69) is 16.7 Å². The van der Waals surface area contributed by atoms with Crippen LogP contribution < -0.4 is 4.90 Å². The molecule has 166 valence electrons. The maximum atomic E-state index is 13.4. The summed E-state index contributed by atoms with van der Waals surface area (Å²) in [4.78, 5) is 3.97. The van der Waals surface area contributed by atoms with Gasteiger partial charge >= 0.3 is 6.18 Å². The predicted molar refractivity (Wildman–Crippen MR) is 115 cm³/mol. The molecule has 2 aromatic carbocycles. The van der Waals surface area contributed by atoms with E-state index >= 15 is 0 Å². The van der Waals surface area contributed by atoms with Gasteiger partial charge in [0.2, 0.25) is 0 Å². The molecule has 0 unspecified atom stereocenters. The molecule has 0 bridgehead atoms. The number of rotatable bonds is 4. The molecule has 2 heterocycles. The Morgan fingerprint density at radius 3 is 2.39 bits per heavy atom. The molecule has 1 fully saturated rings. The Morgan fingerprint density at radius 2 is 1.74 bits per heavy atom. The van der Waals surface area contributed by atoms with Crippen LogP contribution in [0.25, 0.3) is 10.9 Å². The summed E-state index contributed by atoms with van der Waals surface area (Å²) in [5, 5.41) is 1.03. The number of benzene rings is 2. The summed E-state index contributed by atoms with van der Waals surface area (Å²) in [5.74, 6) is 0. The molecule has 1 aliphatic rings. The van der Waals surface area contributed by atoms with E-state index in [1.807, 2.05) is 0 Å². The Balaban J connectivity index is 1.83. The average Bonchev–Trinajstić information content (AvgIpc) is 3.12. The van der Waals surface area contributed by atoms with Gasteiger partial charge in [-0.1, -0.05) is 24.6 Å². The smallest absolute Gasteiger partial charge is 0.367 e. The number of alkyl halides is 3. The van der Waals surface area contributed by atoms with E-state index in [1.54, 1.807) is 12.1 Å². The number of piperazine rings is 1. The second-order valence-corrected chi connectivity index (χ2v) is 9.67. The number of halogens is 4. The maximum absolute atomic E-state index is 13.4. The van der Waals surface area contributed by atoms with Gasteiger partial charge in [0.05, 0.1) is 21.7 Å². The first kappa shape index (κ1) is 22.0. The first-order valence-corrected chi connectivity index (χ1v) is 11.6. The van der Waals surface area contributed by atoms with Crippen molar-refractivity contribution >= 4 is 38.2 Å². The zero-order valence-electron chi connectivity index (χ0n) is 16.7. The molecule has 0 aliphatic carbocycles. The summed E-state index contributed by atoms with van der Waals surface area (Å²) in [6, 6.07) is 8.72. The average molecular weight is 472 g/mol. The fourth-order valence-electron chi connectivity index (χ4n) is 3.86. The molecule has 3 aromatic rings. The fourth-order valence-corrected chi connectivity index (χ4v) is 5.42. The van der Waals surface area contributed by atoms with Gasteiger partial charge < -0.3 is 9.80 Å². The van der Waals surface area contributed by atoms with Crippen LogP contribution in [0.15, 0.2) is 53.6 Å². The maximum Gasteiger partial charge on any atom is 0.416 e. The SMILES string of the molecule is CCN1CCN(c2cn(S(=O)(=O)c3cccc(C(F)(F)F)c3)c3cc(Cl)ccc23)CC1. The number of fused-ring (bicyclic) bond motifs is 1. The van der Waals surface area contributed by atoms with Crippen molar-refractivity contribution in [2.75, 3.05) is 37.6 Å². The molecule has 1 aromatic heterocycles. The van der Waals surface area contributed by atoms with Crippen molar-refractivity contribution in [1.82, 2.24) is 8.87 Å². The van der Waals surface area contributed by atoms with Crippen molar-refractivity contribution in [3.8, 4) is 0 Å². The standard InChI is InChI=1S/C21H21ClF3N3O2S/c1-2-26-8-10-27(11-9-26)20-14-28(19-13-16(22)6-7-18(19)20)31(29,30)17-5-3-4-15(12-17)21(23,24)25/h3-7,12-14H,2,8-11H2,1H3. The van der Waals surface area contributed by atoms with E-state index < -0.39 is 26.7 Å². The van der Waals surface area contributed by atoms with E-state index in [4.69, 9.17) is 11.6 Å². The van der Waals surface area contributed by atoms with Crippen molar-refractivity contribution < 1.29 is 21.6 Å². The highest BCUT2D eigenvalue weighted by Crippen LogP contribution is 2.36. The van der Waals surface area contributed by atoms with Crippen molar-refractivity contribution in [1.29, 1.82) is 0 Å². The van der Waals surface area contributed by atoms with E-state index in [0.717, 1.165) is 54.5 Å². The van der Waals surface area contributed by atoms with Gasteiger partial charge in [-0.2, -0.15) is 13.2 Å². The molecule has 0 amide bonds. The molecule has 0 atom stereocenters. The molecule has 31 heavy (non-hydrogen) atoms. The van der Waals surface area contributed by atoms with Crippen LogP contribution >= 0.6 is 11.6 Å². The lowest BCUT2D eigenvalue weighted by Crippen LogP contribution is -2.46. The van der Waals surface area contributed by atoms with Crippen molar-refractivity contribution in [2.24, 2.45) is 0 Å². The van der Waals surface area contributed by atoms with Crippen LogP contribution in [0.2, 0.25) is 5.02 Å². The third-order valence-electron chi connectivity index (χ3n) is 5.59. The predicted octanol–water partition coefficient (Wildman–Crippen LogP) is 4.69. The first-order chi connectivity index (χ1) is 14.6. The lowest BCUT2D eigenvalue weighted by atomic mass is 10.2. The fraction of sp³-hybridized carbons (Fsp3) is 0.333. The molecule has 1 saturated heterocycles. The van der Waals surface area contributed by atoms with Crippen LogP contribution in [0.5, 0.6) is 0 Å². The highest BCUT2D eigenvalue weighted by Gasteiger charge is 2.32. The lowest BCUT2D eigenvalue weighted by molar-refractivity contribution is -0.137.